The summed E-state index contributed by atoms with van der Waals surface area (Å²) in [5.41, 5.74) is 7.00. The molecule has 0 bridgehead atoms. The Morgan fingerprint density at radius 2 is 1.71 bits per heavy atom. The number of carbonyl (C=O) groups is 1. The van der Waals surface area contributed by atoms with Gasteiger partial charge >= 0.3 is 0 Å². The van der Waals surface area contributed by atoms with E-state index >= 15 is 0 Å². The zero-order chi connectivity index (χ0) is 25.5. The second-order valence-corrected chi connectivity index (χ2v) is 9.63. The van der Waals surface area contributed by atoms with Gasteiger partial charge in [-0.25, -0.2) is 0 Å². The van der Waals surface area contributed by atoms with Gasteiger partial charge in [0.25, 0.3) is 5.91 Å². The molecule has 0 aliphatic carbocycles. The number of nitriles is 1. The summed E-state index contributed by atoms with van der Waals surface area (Å²) in [5.74, 6) is 0.752. The van der Waals surface area contributed by atoms with Crippen molar-refractivity contribution in [3.8, 4) is 17.6 Å². The number of amides is 1. The molecule has 0 saturated heterocycles. The van der Waals surface area contributed by atoms with Crippen molar-refractivity contribution in [2.24, 2.45) is 0 Å². The van der Waals surface area contributed by atoms with E-state index in [0.29, 0.717) is 36.0 Å². The molecule has 5 nitrogen and oxygen atoms in total. The number of benzene rings is 3. The lowest BCUT2D eigenvalue weighted by molar-refractivity contribution is -0.112. The van der Waals surface area contributed by atoms with E-state index in [-0.39, 0.29) is 5.57 Å². The topological polar surface area (TPSA) is 71.3 Å². The Hall–Kier alpha value is -3.31. The molecule has 6 heteroatoms. The van der Waals surface area contributed by atoms with E-state index in [2.05, 4.69) is 60.0 Å². The van der Waals surface area contributed by atoms with E-state index in [0.717, 1.165) is 20.3 Å². The van der Waals surface area contributed by atoms with Gasteiger partial charge in [-0.3, -0.25) is 4.79 Å². The van der Waals surface area contributed by atoms with E-state index in [9.17, 15) is 10.1 Å². The molecule has 3 rings (SSSR count). The lowest BCUT2D eigenvalue weighted by atomic mass is 10.1. The number of anilines is 1. The number of ether oxygens (including phenoxy) is 2. The third kappa shape index (κ3) is 7.09. The first-order valence-corrected chi connectivity index (χ1v) is 12.4. The van der Waals surface area contributed by atoms with Gasteiger partial charge in [-0.1, -0.05) is 35.4 Å². The number of aryl methyl sites for hydroxylation is 4. The largest absolute Gasteiger partial charge is 0.490 e. The Morgan fingerprint density at radius 3 is 2.34 bits per heavy atom. The maximum atomic E-state index is 12.8. The summed E-state index contributed by atoms with van der Waals surface area (Å²) in [5, 5.41) is 12.5. The monoisotopic (exact) mass is 580 g/mol. The Kier molecular flexibility index (Phi) is 8.94. The molecule has 1 N–H and O–H groups in total. The molecule has 35 heavy (non-hydrogen) atoms. The average molecular weight is 580 g/mol. The van der Waals surface area contributed by atoms with Crippen LogP contribution in [0.15, 0.2) is 54.1 Å². The zero-order valence-electron chi connectivity index (χ0n) is 20.7. The van der Waals surface area contributed by atoms with Crippen molar-refractivity contribution in [3.05, 3.63) is 91.1 Å². The van der Waals surface area contributed by atoms with Crippen molar-refractivity contribution in [1.82, 2.24) is 0 Å². The summed E-state index contributed by atoms with van der Waals surface area (Å²) in [6.07, 6.45) is 1.56. The van der Waals surface area contributed by atoms with Crippen molar-refractivity contribution in [1.29, 1.82) is 5.26 Å². The van der Waals surface area contributed by atoms with Gasteiger partial charge in [-0.05, 0) is 110 Å². The van der Waals surface area contributed by atoms with Crippen molar-refractivity contribution >= 4 is 40.3 Å². The van der Waals surface area contributed by atoms with Crippen molar-refractivity contribution < 1.29 is 14.3 Å². The summed E-state index contributed by atoms with van der Waals surface area (Å²) in [7, 11) is 0. The number of carbonyl (C=O) groups excluding carboxylic acids is 1. The third-order valence-electron chi connectivity index (χ3n) is 5.44. The highest BCUT2D eigenvalue weighted by Crippen LogP contribution is 2.35. The van der Waals surface area contributed by atoms with Crippen LogP contribution < -0.4 is 14.8 Å². The first kappa shape index (κ1) is 26.3. The molecule has 0 unspecified atom stereocenters. The molecular formula is C29H29IN2O3. The van der Waals surface area contributed by atoms with Gasteiger partial charge in [-0.2, -0.15) is 5.26 Å². The fraction of sp³-hybridized carbons (Fsp3) is 0.241. The van der Waals surface area contributed by atoms with E-state index < -0.39 is 5.91 Å². The average Bonchev–Trinajstić information content (AvgIpc) is 2.79. The first-order valence-electron chi connectivity index (χ1n) is 11.4. The number of halogens is 1. The smallest absolute Gasteiger partial charge is 0.266 e. The number of nitrogens with one attached hydrogen (secondary N) is 1. The van der Waals surface area contributed by atoms with E-state index in [4.69, 9.17) is 9.47 Å². The van der Waals surface area contributed by atoms with Gasteiger partial charge in [0.2, 0.25) is 0 Å². The quantitative estimate of drug-likeness (QED) is 0.176. The predicted molar refractivity (Wildman–Crippen MR) is 149 cm³/mol. The highest BCUT2D eigenvalue weighted by molar-refractivity contribution is 14.1. The van der Waals surface area contributed by atoms with Crippen LogP contribution in [0.5, 0.6) is 11.5 Å². The summed E-state index contributed by atoms with van der Waals surface area (Å²) < 4.78 is 12.8. The second kappa shape index (κ2) is 11.9. The molecule has 3 aromatic carbocycles. The number of hydrogen-bond acceptors (Lipinski definition) is 4. The molecular weight excluding hydrogens is 551 g/mol. The standard InChI is InChI=1S/C29H29IN2O3/c1-6-34-27-15-22(13-24(16-31)29(33)32-25-8-7-20(4)21(5)12-25)14-26(30)28(27)35-17-23-10-18(2)9-19(3)11-23/h7-15H,6,17H2,1-5H3,(H,32,33)/b24-13+. The molecule has 0 heterocycles. The Bertz CT molecular complexity index is 1300. The third-order valence-corrected chi connectivity index (χ3v) is 6.24. The summed E-state index contributed by atoms with van der Waals surface area (Å²) >= 11 is 2.19. The predicted octanol–water partition coefficient (Wildman–Crippen LogP) is 7.05. The van der Waals surface area contributed by atoms with Gasteiger partial charge in [0.1, 0.15) is 18.2 Å². The van der Waals surface area contributed by atoms with E-state index in [1.54, 1.807) is 12.1 Å². The SMILES string of the molecule is CCOc1cc(/C=C(\C#N)C(=O)Nc2ccc(C)c(C)c2)cc(I)c1OCc1cc(C)cc(C)c1. The fourth-order valence-electron chi connectivity index (χ4n) is 3.71. The highest BCUT2D eigenvalue weighted by atomic mass is 127. The molecule has 0 fully saturated rings. The minimum absolute atomic E-state index is 0.00498. The molecule has 1 amide bonds. The van der Waals surface area contributed by atoms with Crippen molar-refractivity contribution in [3.63, 3.8) is 0 Å². The second-order valence-electron chi connectivity index (χ2n) is 8.47. The van der Waals surface area contributed by atoms with Crippen LogP contribution in [0.3, 0.4) is 0 Å². The molecule has 0 aliphatic heterocycles. The minimum Gasteiger partial charge on any atom is -0.490 e. The lowest BCUT2D eigenvalue weighted by Crippen LogP contribution is -2.13. The molecule has 0 aliphatic rings. The first-order chi connectivity index (χ1) is 16.7. The maximum Gasteiger partial charge on any atom is 0.266 e. The van der Waals surface area contributed by atoms with Gasteiger partial charge in [0.15, 0.2) is 11.5 Å². The number of rotatable bonds is 8. The highest BCUT2D eigenvalue weighted by Gasteiger charge is 2.15. The van der Waals surface area contributed by atoms with Gasteiger partial charge < -0.3 is 14.8 Å². The van der Waals surface area contributed by atoms with Crippen molar-refractivity contribution in [2.45, 2.75) is 41.2 Å². The van der Waals surface area contributed by atoms with Crippen LogP contribution in [-0.2, 0) is 11.4 Å². The molecule has 3 aromatic rings. The van der Waals surface area contributed by atoms with Crippen LogP contribution >= 0.6 is 22.6 Å². The summed E-state index contributed by atoms with van der Waals surface area (Å²) in [6.45, 7) is 10.9. The normalized spacial score (nSPS) is 11.1. The van der Waals surface area contributed by atoms with Gasteiger partial charge in [-0.15, -0.1) is 0 Å². The lowest BCUT2D eigenvalue weighted by Gasteiger charge is -2.15. The molecule has 180 valence electrons. The van der Waals surface area contributed by atoms with Crippen molar-refractivity contribution in [2.75, 3.05) is 11.9 Å². The van der Waals surface area contributed by atoms with Crippen LogP contribution in [0.1, 0.15) is 40.3 Å². The van der Waals surface area contributed by atoms with E-state index in [1.807, 2.05) is 51.1 Å². The molecule has 0 atom stereocenters. The zero-order valence-corrected chi connectivity index (χ0v) is 22.8. The van der Waals surface area contributed by atoms with Gasteiger partial charge in [0.05, 0.1) is 10.2 Å². The van der Waals surface area contributed by atoms with Crippen LogP contribution in [0.4, 0.5) is 5.69 Å². The maximum absolute atomic E-state index is 12.8. The van der Waals surface area contributed by atoms with Gasteiger partial charge in [0, 0.05) is 5.69 Å². The Morgan fingerprint density at radius 1 is 1.00 bits per heavy atom. The van der Waals surface area contributed by atoms with Crippen LogP contribution in [0.2, 0.25) is 0 Å². The summed E-state index contributed by atoms with van der Waals surface area (Å²) in [4.78, 5) is 12.8. The van der Waals surface area contributed by atoms with Crippen LogP contribution in [0.25, 0.3) is 6.08 Å². The Labute approximate surface area is 220 Å². The molecule has 0 aromatic heterocycles. The summed E-state index contributed by atoms with van der Waals surface area (Å²) in [6, 6.07) is 17.7. The molecule has 0 saturated carbocycles. The number of hydrogen-bond donors (Lipinski definition) is 1. The molecule has 0 spiro atoms. The Balaban J connectivity index is 1.85. The van der Waals surface area contributed by atoms with Crippen LogP contribution in [-0.4, -0.2) is 12.5 Å². The van der Waals surface area contributed by atoms with Crippen LogP contribution in [0, 0.1) is 42.6 Å². The fourth-order valence-corrected chi connectivity index (χ4v) is 4.50. The minimum atomic E-state index is -0.459. The number of nitrogens with zero attached hydrogens (tertiary/aromatic N) is 1. The van der Waals surface area contributed by atoms with E-state index in [1.165, 1.54) is 11.1 Å². The molecule has 0 radical (unpaired) electrons.